The SMILES string of the molecule is Cc1ccc(Cc2nc3c(c(N[C@H]4[C@@H](C(N)=O)[C@H]5C=C[C@@H]4C5)n2)N=CC3)cc1S(N)(=O)=O. The summed E-state index contributed by atoms with van der Waals surface area (Å²) in [5.41, 5.74) is 8.50. The van der Waals surface area contributed by atoms with Crippen LogP contribution in [0.1, 0.15) is 29.1 Å². The third kappa shape index (κ3) is 3.59. The minimum Gasteiger partial charge on any atom is -0.369 e. The van der Waals surface area contributed by atoms with E-state index in [1.54, 1.807) is 25.3 Å². The van der Waals surface area contributed by atoms with E-state index < -0.39 is 10.0 Å². The van der Waals surface area contributed by atoms with Crippen LogP contribution in [0.3, 0.4) is 0 Å². The number of allylic oxidation sites excluding steroid dienone is 1. The first kappa shape index (κ1) is 20.8. The van der Waals surface area contributed by atoms with Gasteiger partial charge in [-0.15, -0.1) is 0 Å². The lowest BCUT2D eigenvalue weighted by atomic mass is 9.88. The summed E-state index contributed by atoms with van der Waals surface area (Å²) in [7, 11) is -3.82. The number of hydrogen-bond acceptors (Lipinski definition) is 7. The van der Waals surface area contributed by atoms with Crippen molar-refractivity contribution in [2.45, 2.75) is 37.1 Å². The molecule has 1 aliphatic heterocycles. The van der Waals surface area contributed by atoms with Crippen LogP contribution in [0, 0.1) is 24.7 Å². The van der Waals surface area contributed by atoms with Crippen LogP contribution in [0.25, 0.3) is 0 Å². The van der Waals surface area contributed by atoms with Gasteiger partial charge in [0.2, 0.25) is 15.9 Å². The number of hydrogen-bond donors (Lipinski definition) is 3. The maximum absolute atomic E-state index is 12.1. The van der Waals surface area contributed by atoms with E-state index in [0.29, 0.717) is 35.7 Å². The topological polar surface area (TPSA) is 153 Å². The van der Waals surface area contributed by atoms with E-state index in [-0.39, 0.29) is 34.6 Å². The molecule has 4 atom stereocenters. The van der Waals surface area contributed by atoms with Crippen LogP contribution in [-0.2, 0) is 27.7 Å². The molecule has 1 aromatic heterocycles. The Morgan fingerprint density at radius 1 is 1.22 bits per heavy atom. The molecule has 9 nitrogen and oxygen atoms in total. The molecule has 5 rings (SSSR count). The van der Waals surface area contributed by atoms with Gasteiger partial charge in [-0.2, -0.15) is 0 Å². The van der Waals surface area contributed by atoms with Crippen molar-refractivity contribution in [3.8, 4) is 0 Å². The quantitative estimate of drug-likeness (QED) is 0.563. The molecule has 1 fully saturated rings. The van der Waals surface area contributed by atoms with E-state index in [0.717, 1.165) is 17.7 Å². The lowest BCUT2D eigenvalue weighted by Gasteiger charge is -2.27. The Morgan fingerprint density at radius 3 is 2.75 bits per heavy atom. The number of nitrogens with zero attached hydrogens (tertiary/aromatic N) is 3. The monoisotopic (exact) mass is 452 g/mol. The molecule has 0 radical (unpaired) electrons. The molecule has 2 aromatic rings. The summed E-state index contributed by atoms with van der Waals surface area (Å²) in [4.78, 5) is 26.0. The number of nitrogens with two attached hydrogens (primary N) is 2. The number of anilines is 1. The number of sulfonamides is 1. The Bertz CT molecular complexity index is 1290. The molecular weight excluding hydrogens is 428 g/mol. The van der Waals surface area contributed by atoms with Crippen molar-refractivity contribution < 1.29 is 13.2 Å². The predicted molar refractivity (Wildman–Crippen MR) is 120 cm³/mol. The fourth-order valence-corrected chi connectivity index (χ4v) is 5.87. The van der Waals surface area contributed by atoms with Crippen molar-refractivity contribution in [2.75, 3.05) is 5.32 Å². The zero-order valence-electron chi connectivity index (χ0n) is 17.5. The second-order valence-electron chi connectivity index (χ2n) is 8.67. The van der Waals surface area contributed by atoms with E-state index in [4.69, 9.17) is 15.9 Å². The summed E-state index contributed by atoms with van der Waals surface area (Å²) in [5, 5.41) is 8.79. The molecule has 1 aromatic carbocycles. The van der Waals surface area contributed by atoms with Crippen LogP contribution >= 0.6 is 0 Å². The van der Waals surface area contributed by atoms with E-state index in [1.807, 2.05) is 6.07 Å². The van der Waals surface area contributed by atoms with Gasteiger partial charge in [-0.3, -0.25) is 9.79 Å². The summed E-state index contributed by atoms with van der Waals surface area (Å²) < 4.78 is 23.8. The Morgan fingerprint density at radius 2 is 2.00 bits per heavy atom. The van der Waals surface area contributed by atoms with Crippen molar-refractivity contribution in [2.24, 2.45) is 33.6 Å². The zero-order chi connectivity index (χ0) is 22.6. The average molecular weight is 453 g/mol. The lowest BCUT2D eigenvalue weighted by molar-refractivity contribution is -0.122. The molecule has 32 heavy (non-hydrogen) atoms. The van der Waals surface area contributed by atoms with Gasteiger partial charge in [0.25, 0.3) is 0 Å². The highest BCUT2D eigenvalue weighted by Crippen LogP contribution is 2.45. The molecule has 1 saturated carbocycles. The second kappa shape index (κ2) is 7.49. The highest BCUT2D eigenvalue weighted by molar-refractivity contribution is 7.89. The van der Waals surface area contributed by atoms with Crippen LogP contribution < -0.4 is 16.2 Å². The first-order valence-electron chi connectivity index (χ1n) is 10.5. The maximum atomic E-state index is 12.1. The number of fused-ring (bicyclic) bond motifs is 3. The van der Waals surface area contributed by atoms with Crippen molar-refractivity contribution in [1.82, 2.24) is 9.97 Å². The van der Waals surface area contributed by atoms with Crippen LogP contribution in [0.15, 0.2) is 40.2 Å². The number of carbonyl (C=O) groups is 1. The maximum Gasteiger partial charge on any atom is 0.238 e. The lowest BCUT2D eigenvalue weighted by Crippen LogP contribution is -2.41. The highest BCUT2D eigenvalue weighted by atomic mass is 32.2. The highest BCUT2D eigenvalue weighted by Gasteiger charge is 2.47. The van der Waals surface area contributed by atoms with Crippen LogP contribution in [0.4, 0.5) is 11.5 Å². The van der Waals surface area contributed by atoms with Gasteiger partial charge in [-0.25, -0.2) is 23.5 Å². The van der Waals surface area contributed by atoms with E-state index in [2.05, 4.69) is 27.4 Å². The number of primary sulfonamides is 1. The number of aryl methyl sites for hydroxylation is 1. The van der Waals surface area contributed by atoms with Crippen molar-refractivity contribution in [1.29, 1.82) is 0 Å². The summed E-state index contributed by atoms with van der Waals surface area (Å²) in [6.07, 6.45) is 7.81. The predicted octanol–water partition coefficient (Wildman–Crippen LogP) is 1.37. The molecule has 5 N–H and O–H groups in total. The number of rotatable bonds is 6. The first-order valence-corrected chi connectivity index (χ1v) is 12.0. The molecule has 3 aliphatic rings. The van der Waals surface area contributed by atoms with Gasteiger partial charge in [0.05, 0.1) is 16.5 Å². The third-order valence-electron chi connectivity index (χ3n) is 6.52. The number of nitrogens with one attached hydrogen (secondary N) is 1. The van der Waals surface area contributed by atoms with Gasteiger partial charge in [-0.1, -0.05) is 24.3 Å². The molecule has 166 valence electrons. The molecule has 2 bridgehead atoms. The second-order valence-corrected chi connectivity index (χ2v) is 10.2. The molecule has 10 heteroatoms. The normalized spacial score (nSPS) is 25.3. The van der Waals surface area contributed by atoms with Crippen molar-refractivity contribution in [3.05, 3.63) is 53.0 Å². The fraction of sp³-hybridized carbons (Fsp3) is 0.364. The van der Waals surface area contributed by atoms with Crippen LogP contribution in [-0.4, -0.2) is 36.5 Å². The Hall–Kier alpha value is -3.11. The fourth-order valence-electron chi connectivity index (χ4n) is 5.04. The standard InChI is InChI=1S/C22H24N6O3S/c1-11-2-3-12(8-16(11)32(24,30)31)9-17-26-15-6-7-25-20(15)22(27-17)28-19-14-5-4-13(10-14)18(19)21(23)29/h2-5,7-8,13-14,18-19H,6,9-10H2,1H3,(H2,23,29)(H2,24,30,31)(H,26,27,28)/t13-,14+,18-,19+/m0/s1. The first-order chi connectivity index (χ1) is 15.2. The number of amides is 1. The Balaban J connectivity index is 1.47. The molecule has 1 amide bonds. The third-order valence-corrected chi connectivity index (χ3v) is 7.57. The van der Waals surface area contributed by atoms with E-state index >= 15 is 0 Å². The van der Waals surface area contributed by atoms with Crippen molar-refractivity contribution >= 4 is 33.7 Å². The van der Waals surface area contributed by atoms with Gasteiger partial charge in [-0.05, 0) is 42.4 Å². The van der Waals surface area contributed by atoms with Crippen LogP contribution in [0.2, 0.25) is 0 Å². The summed E-state index contributed by atoms with van der Waals surface area (Å²) in [6.45, 7) is 1.70. The van der Waals surface area contributed by atoms with E-state index in [1.165, 1.54) is 0 Å². The van der Waals surface area contributed by atoms with Gasteiger partial charge in [0, 0.05) is 25.1 Å². The average Bonchev–Trinajstić information content (AvgIpc) is 3.44. The summed E-state index contributed by atoms with van der Waals surface area (Å²) in [5.74, 6) is 0.872. The number of primary amides is 1. The molecule has 0 spiro atoms. The Kier molecular flexibility index (Phi) is 4.86. The van der Waals surface area contributed by atoms with E-state index in [9.17, 15) is 13.2 Å². The minimum absolute atomic E-state index is 0.0934. The largest absolute Gasteiger partial charge is 0.369 e. The molecule has 2 aliphatic carbocycles. The van der Waals surface area contributed by atoms with Crippen molar-refractivity contribution in [3.63, 3.8) is 0 Å². The smallest absolute Gasteiger partial charge is 0.238 e. The van der Waals surface area contributed by atoms with Gasteiger partial charge >= 0.3 is 0 Å². The van der Waals surface area contributed by atoms with Gasteiger partial charge in [0.15, 0.2) is 5.82 Å². The number of aliphatic imine (C=N–C) groups is 1. The number of carbonyl (C=O) groups excluding carboxylic acids is 1. The number of aromatic nitrogens is 2. The molecule has 0 saturated heterocycles. The summed E-state index contributed by atoms with van der Waals surface area (Å²) in [6, 6.07) is 4.99. The van der Waals surface area contributed by atoms with Gasteiger partial charge in [0.1, 0.15) is 11.5 Å². The molecule has 0 unspecified atom stereocenters. The van der Waals surface area contributed by atoms with Gasteiger partial charge < -0.3 is 11.1 Å². The Labute approximate surface area is 186 Å². The zero-order valence-corrected chi connectivity index (χ0v) is 18.3. The molecular formula is C22H24N6O3S. The number of benzene rings is 1. The summed E-state index contributed by atoms with van der Waals surface area (Å²) >= 11 is 0. The van der Waals surface area contributed by atoms with Crippen LogP contribution in [0.5, 0.6) is 0 Å². The minimum atomic E-state index is -3.82. The molecule has 2 heterocycles.